The molecule has 0 aromatic carbocycles. The number of carbonyl (C=O) groups excluding carboxylic acids is 2. The van der Waals surface area contributed by atoms with Crippen LogP contribution in [0.3, 0.4) is 0 Å². The molecular weight excluding hydrogens is 148 g/mol. The summed E-state index contributed by atoms with van der Waals surface area (Å²) in [7, 11) is 0. The summed E-state index contributed by atoms with van der Waals surface area (Å²) in [6.45, 7) is 5.20. The fourth-order valence-corrected chi connectivity index (χ4v) is 0.339. The predicted octanol–water partition coefficient (Wildman–Crippen LogP) is 1.26. The van der Waals surface area contributed by atoms with Gasteiger partial charge >= 0.3 is 12.1 Å². The van der Waals surface area contributed by atoms with Crippen molar-refractivity contribution in [3.8, 4) is 0 Å². The van der Waals surface area contributed by atoms with E-state index in [1.54, 1.807) is 0 Å². The van der Waals surface area contributed by atoms with Gasteiger partial charge in [-0.1, -0.05) is 13.5 Å². The molecule has 0 fully saturated rings. The molecule has 0 amide bonds. The van der Waals surface area contributed by atoms with E-state index in [1.807, 2.05) is 6.92 Å². The first kappa shape index (κ1) is 9.68. The van der Waals surface area contributed by atoms with E-state index in [4.69, 9.17) is 0 Å². The maximum atomic E-state index is 10.5. The van der Waals surface area contributed by atoms with Crippen LogP contribution in [0.5, 0.6) is 0 Å². The Balaban J connectivity index is 3.52. The summed E-state index contributed by atoms with van der Waals surface area (Å²) in [6.07, 6.45) is 0.613. The fourth-order valence-electron chi connectivity index (χ4n) is 0.339. The van der Waals surface area contributed by atoms with Gasteiger partial charge in [0.05, 0.1) is 6.61 Å². The SMILES string of the molecule is C=CC(=O)OC(=O)OCCC. The molecule has 0 spiro atoms. The molecule has 0 N–H and O–H groups in total. The Morgan fingerprint density at radius 3 is 2.64 bits per heavy atom. The fraction of sp³-hybridized carbons (Fsp3) is 0.429. The first-order valence-corrected chi connectivity index (χ1v) is 3.21. The van der Waals surface area contributed by atoms with Gasteiger partial charge in [-0.15, -0.1) is 0 Å². The second-order valence-electron chi connectivity index (χ2n) is 1.72. The van der Waals surface area contributed by atoms with Crippen LogP contribution in [0, 0.1) is 0 Å². The second-order valence-corrected chi connectivity index (χ2v) is 1.72. The second kappa shape index (κ2) is 5.46. The molecular formula is C7H10O4. The maximum absolute atomic E-state index is 10.5. The summed E-state index contributed by atoms with van der Waals surface area (Å²) >= 11 is 0. The van der Waals surface area contributed by atoms with E-state index in [9.17, 15) is 9.59 Å². The normalized spacial score (nSPS) is 8.45. The molecule has 0 rings (SSSR count). The number of hydrogen-bond donors (Lipinski definition) is 0. The van der Waals surface area contributed by atoms with Crippen molar-refractivity contribution in [3.05, 3.63) is 12.7 Å². The van der Waals surface area contributed by atoms with E-state index in [0.717, 1.165) is 6.08 Å². The molecule has 62 valence electrons. The number of carbonyl (C=O) groups is 2. The van der Waals surface area contributed by atoms with Crippen molar-refractivity contribution in [2.24, 2.45) is 0 Å². The van der Waals surface area contributed by atoms with Crippen LogP contribution in [0.4, 0.5) is 4.79 Å². The minimum atomic E-state index is -0.975. The van der Waals surface area contributed by atoms with Gasteiger partial charge in [-0.05, 0) is 6.42 Å². The summed E-state index contributed by atoms with van der Waals surface area (Å²) in [5.41, 5.74) is 0. The Morgan fingerprint density at radius 2 is 2.18 bits per heavy atom. The van der Waals surface area contributed by atoms with E-state index in [-0.39, 0.29) is 6.61 Å². The van der Waals surface area contributed by atoms with Crippen LogP contribution >= 0.6 is 0 Å². The molecule has 0 atom stereocenters. The lowest BCUT2D eigenvalue weighted by Gasteiger charge is -1.99. The average molecular weight is 158 g/mol. The highest BCUT2D eigenvalue weighted by Crippen LogP contribution is 1.88. The average Bonchev–Trinajstić information content (AvgIpc) is 2.00. The van der Waals surface area contributed by atoms with Gasteiger partial charge in [-0.2, -0.15) is 0 Å². The Kier molecular flexibility index (Phi) is 4.81. The van der Waals surface area contributed by atoms with Crippen LogP contribution < -0.4 is 0 Å². The first-order chi connectivity index (χ1) is 5.20. The quantitative estimate of drug-likeness (QED) is 0.352. The molecule has 4 nitrogen and oxygen atoms in total. The standard InChI is InChI=1S/C7H10O4/c1-3-5-10-7(9)11-6(8)4-2/h4H,2-3,5H2,1H3. The summed E-state index contributed by atoms with van der Waals surface area (Å²) in [5.74, 6) is -0.800. The van der Waals surface area contributed by atoms with E-state index >= 15 is 0 Å². The molecule has 4 heteroatoms. The van der Waals surface area contributed by atoms with E-state index in [0.29, 0.717) is 6.42 Å². The number of hydrogen-bond acceptors (Lipinski definition) is 4. The summed E-state index contributed by atoms with van der Waals surface area (Å²) in [6, 6.07) is 0. The van der Waals surface area contributed by atoms with Crippen molar-refractivity contribution < 1.29 is 19.1 Å². The van der Waals surface area contributed by atoms with Gasteiger partial charge in [0.15, 0.2) is 0 Å². The van der Waals surface area contributed by atoms with Gasteiger partial charge in [-0.3, -0.25) is 0 Å². The van der Waals surface area contributed by atoms with Crippen molar-refractivity contribution in [1.29, 1.82) is 0 Å². The third kappa shape index (κ3) is 5.14. The van der Waals surface area contributed by atoms with Crippen LogP contribution in [-0.4, -0.2) is 18.7 Å². The lowest BCUT2D eigenvalue weighted by molar-refractivity contribution is -0.134. The highest BCUT2D eigenvalue weighted by atomic mass is 16.7. The zero-order chi connectivity index (χ0) is 8.69. The Bertz CT molecular complexity index is 162. The van der Waals surface area contributed by atoms with Crippen LogP contribution in [0.2, 0.25) is 0 Å². The largest absolute Gasteiger partial charge is 0.516 e. The first-order valence-electron chi connectivity index (χ1n) is 3.21. The molecule has 0 unspecified atom stereocenters. The molecule has 0 radical (unpaired) electrons. The molecule has 0 aliphatic heterocycles. The van der Waals surface area contributed by atoms with Crippen LogP contribution in [0.25, 0.3) is 0 Å². The van der Waals surface area contributed by atoms with Gasteiger partial charge in [0.1, 0.15) is 0 Å². The van der Waals surface area contributed by atoms with Crippen LogP contribution in [0.15, 0.2) is 12.7 Å². The van der Waals surface area contributed by atoms with Crippen molar-refractivity contribution >= 4 is 12.1 Å². The molecule has 0 aromatic rings. The molecule has 11 heavy (non-hydrogen) atoms. The number of esters is 1. The van der Waals surface area contributed by atoms with Crippen LogP contribution in [0.1, 0.15) is 13.3 Å². The zero-order valence-electron chi connectivity index (χ0n) is 6.33. The van der Waals surface area contributed by atoms with Gasteiger partial charge in [0.2, 0.25) is 0 Å². The van der Waals surface area contributed by atoms with Gasteiger partial charge < -0.3 is 9.47 Å². The Morgan fingerprint density at radius 1 is 1.55 bits per heavy atom. The van der Waals surface area contributed by atoms with Gasteiger partial charge in [0, 0.05) is 6.08 Å². The Hall–Kier alpha value is -1.32. The predicted molar refractivity (Wildman–Crippen MR) is 37.9 cm³/mol. The lowest BCUT2D eigenvalue weighted by atomic mass is 10.5. The van der Waals surface area contributed by atoms with Crippen molar-refractivity contribution in [3.63, 3.8) is 0 Å². The summed E-state index contributed by atoms with van der Waals surface area (Å²) in [4.78, 5) is 20.8. The summed E-state index contributed by atoms with van der Waals surface area (Å²) in [5, 5.41) is 0. The molecule has 0 bridgehead atoms. The third-order valence-electron chi connectivity index (χ3n) is 0.775. The van der Waals surface area contributed by atoms with Crippen molar-refractivity contribution in [2.45, 2.75) is 13.3 Å². The topological polar surface area (TPSA) is 52.6 Å². The third-order valence-corrected chi connectivity index (χ3v) is 0.775. The highest BCUT2D eigenvalue weighted by molar-refractivity contribution is 5.89. The lowest BCUT2D eigenvalue weighted by Crippen LogP contribution is -2.11. The molecule has 0 heterocycles. The van der Waals surface area contributed by atoms with Crippen molar-refractivity contribution in [1.82, 2.24) is 0 Å². The van der Waals surface area contributed by atoms with Crippen LogP contribution in [-0.2, 0) is 14.3 Å². The smallest absolute Gasteiger partial charge is 0.434 e. The van der Waals surface area contributed by atoms with E-state index in [1.165, 1.54) is 0 Å². The van der Waals surface area contributed by atoms with E-state index in [2.05, 4.69) is 16.1 Å². The van der Waals surface area contributed by atoms with Crippen molar-refractivity contribution in [2.75, 3.05) is 6.61 Å². The molecule has 0 saturated carbocycles. The molecule has 0 aliphatic rings. The molecule has 0 aliphatic carbocycles. The molecule has 0 aromatic heterocycles. The van der Waals surface area contributed by atoms with E-state index < -0.39 is 12.1 Å². The molecule has 0 saturated heterocycles. The minimum absolute atomic E-state index is 0.253. The minimum Gasteiger partial charge on any atom is -0.434 e. The number of rotatable bonds is 3. The van der Waals surface area contributed by atoms with Gasteiger partial charge in [0.25, 0.3) is 0 Å². The Labute approximate surface area is 64.8 Å². The monoisotopic (exact) mass is 158 g/mol. The maximum Gasteiger partial charge on any atom is 0.516 e. The van der Waals surface area contributed by atoms with Gasteiger partial charge in [-0.25, -0.2) is 9.59 Å². The summed E-state index contributed by atoms with van der Waals surface area (Å²) < 4.78 is 8.52. The zero-order valence-corrected chi connectivity index (χ0v) is 6.33. The highest BCUT2D eigenvalue weighted by Gasteiger charge is 2.06. The number of ether oxygens (including phenoxy) is 2.